The first-order valence-corrected chi connectivity index (χ1v) is 6.68. The molecular weight excluding hydrogens is 338 g/mol. The molecule has 0 bridgehead atoms. The Morgan fingerprint density at radius 3 is 2.90 bits per heavy atom. The van der Waals surface area contributed by atoms with Gasteiger partial charge < -0.3 is 5.32 Å². The van der Waals surface area contributed by atoms with Crippen molar-refractivity contribution in [2.45, 2.75) is 0 Å². The molecule has 0 saturated heterocycles. The average molecular weight is 348 g/mol. The second-order valence-electron chi connectivity index (χ2n) is 4.03. The van der Waals surface area contributed by atoms with E-state index >= 15 is 0 Å². The third-order valence-corrected chi connectivity index (χ3v) is 3.17. The summed E-state index contributed by atoms with van der Waals surface area (Å²) in [5.41, 5.74) is 1.15. The van der Waals surface area contributed by atoms with E-state index < -0.39 is 4.92 Å². The normalized spacial score (nSPS) is 10.5. The lowest BCUT2D eigenvalue weighted by Gasteiger charge is -2.03. The van der Waals surface area contributed by atoms with Gasteiger partial charge in [0.05, 0.1) is 15.1 Å². The van der Waals surface area contributed by atoms with Crippen LogP contribution in [0.3, 0.4) is 0 Å². The van der Waals surface area contributed by atoms with E-state index in [-0.39, 0.29) is 11.6 Å². The molecule has 0 saturated carbocycles. The summed E-state index contributed by atoms with van der Waals surface area (Å²) in [4.78, 5) is 25.9. The van der Waals surface area contributed by atoms with Crippen molar-refractivity contribution in [2.75, 3.05) is 5.32 Å². The number of nitrogens with one attached hydrogen (secondary N) is 1. The first-order valence-electron chi connectivity index (χ1n) is 5.89. The number of nitro benzene ring substituents is 1. The molecule has 1 amide bonds. The van der Waals surface area contributed by atoms with Crippen molar-refractivity contribution < 1.29 is 9.72 Å². The fraction of sp³-hybridized carbons (Fsp3) is 0. The van der Waals surface area contributed by atoms with E-state index in [0.29, 0.717) is 15.7 Å². The summed E-state index contributed by atoms with van der Waals surface area (Å²) in [5.74, 6) is -0.339. The molecule has 21 heavy (non-hydrogen) atoms. The zero-order valence-electron chi connectivity index (χ0n) is 10.7. The predicted octanol–water partition coefficient (Wildman–Crippen LogP) is 3.40. The molecule has 0 atom stereocenters. The number of hydrogen-bond donors (Lipinski definition) is 1. The Balaban J connectivity index is 2.07. The fourth-order valence-electron chi connectivity index (χ4n) is 1.56. The second kappa shape index (κ2) is 6.76. The van der Waals surface area contributed by atoms with Crippen LogP contribution in [0.4, 0.5) is 11.4 Å². The van der Waals surface area contributed by atoms with Crippen molar-refractivity contribution in [3.05, 3.63) is 69.0 Å². The van der Waals surface area contributed by atoms with Crippen LogP contribution >= 0.6 is 15.9 Å². The molecule has 0 aliphatic rings. The number of nitrogens with zero attached hydrogens (tertiary/aromatic N) is 2. The van der Waals surface area contributed by atoms with Gasteiger partial charge in [-0.05, 0) is 33.6 Å². The predicted molar refractivity (Wildman–Crippen MR) is 82.7 cm³/mol. The van der Waals surface area contributed by atoms with Crippen LogP contribution in [0.25, 0.3) is 6.08 Å². The number of aromatic nitrogens is 1. The van der Waals surface area contributed by atoms with Crippen molar-refractivity contribution in [2.24, 2.45) is 0 Å². The average Bonchev–Trinajstić information content (AvgIpc) is 2.48. The molecule has 106 valence electrons. The number of nitro groups is 1. The number of amides is 1. The zero-order valence-corrected chi connectivity index (χ0v) is 12.3. The number of halogens is 1. The quantitative estimate of drug-likeness (QED) is 0.521. The lowest BCUT2D eigenvalue weighted by Crippen LogP contribution is -2.08. The van der Waals surface area contributed by atoms with E-state index in [2.05, 4.69) is 26.2 Å². The minimum Gasteiger partial charge on any atom is -0.321 e. The Morgan fingerprint density at radius 1 is 1.38 bits per heavy atom. The highest BCUT2D eigenvalue weighted by molar-refractivity contribution is 9.10. The maximum Gasteiger partial charge on any atom is 0.270 e. The molecule has 2 rings (SSSR count). The number of carbonyl (C=O) groups excluding carboxylic acids is 1. The van der Waals surface area contributed by atoms with Crippen LogP contribution in [0.2, 0.25) is 0 Å². The van der Waals surface area contributed by atoms with Crippen LogP contribution in [0.1, 0.15) is 5.56 Å². The summed E-state index contributed by atoms with van der Waals surface area (Å²) in [7, 11) is 0. The maximum absolute atomic E-state index is 11.8. The first kappa shape index (κ1) is 14.9. The second-order valence-corrected chi connectivity index (χ2v) is 4.88. The Morgan fingerprint density at radius 2 is 2.19 bits per heavy atom. The minimum absolute atomic E-state index is 0.0190. The lowest BCUT2D eigenvalue weighted by molar-refractivity contribution is -0.384. The molecule has 0 unspecified atom stereocenters. The van der Waals surface area contributed by atoms with Crippen LogP contribution in [-0.4, -0.2) is 15.8 Å². The largest absolute Gasteiger partial charge is 0.321 e. The summed E-state index contributed by atoms with van der Waals surface area (Å²) in [6.07, 6.45) is 5.95. The highest BCUT2D eigenvalue weighted by Gasteiger charge is 2.05. The number of benzene rings is 1. The third kappa shape index (κ3) is 4.22. The van der Waals surface area contributed by atoms with Crippen LogP contribution < -0.4 is 5.32 Å². The molecular formula is C14H10BrN3O3. The van der Waals surface area contributed by atoms with Crippen molar-refractivity contribution in [1.29, 1.82) is 0 Å². The Labute approximate surface area is 128 Å². The van der Waals surface area contributed by atoms with Gasteiger partial charge >= 0.3 is 0 Å². The van der Waals surface area contributed by atoms with Crippen LogP contribution in [-0.2, 0) is 4.79 Å². The van der Waals surface area contributed by atoms with Gasteiger partial charge in [-0.1, -0.05) is 12.1 Å². The van der Waals surface area contributed by atoms with Gasteiger partial charge in [0.15, 0.2) is 0 Å². The lowest BCUT2D eigenvalue weighted by atomic mass is 10.2. The van der Waals surface area contributed by atoms with E-state index in [1.165, 1.54) is 24.3 Å². The standard InChI is InChI=1S/C14H10BrN3O3/c15-12-9-16-7-6-13(12)17-14(19)5-4-10-2-1-3-11(8-10)18(20)21/h1-9H,(H,16,17,19)/b5-4+. The van der Waals surface area contributed by atoms with Crippen molar-refractivity contribution in [1.82, 2.24) is 4.98 Å². The Hall–Kier alpha value is -2.54. The number of rotatable bonds is 4. The van der Waals surface area contributed by atoms with Crippen LogP contribution in [0, 0.1) is 10.1 Å². The number of non-ortho nitro benzene ring substituents is 1. The molecule has 0 fully saturated rings. The number of anilines is 1. The molecule has 6 nitrogen and oxygen atoms in total. The molecule has 0 aliphatic carbocycles. The van der Waals surface area contributed by atoms with Gasteiger partial charge in [-0.2, -0.15) is 0 Å². The molecule has 0 spiro atoms. The highest BCUT2D eigenvalue weighted by Crippen LogP contribution is 2.20. The SMILES string of the molecule is O=C(/C=C/c1cccc([N+](=O)[O-])c1)Nc1ccncc1Br. The third-order valence-electron chi connectivity index (χ3n) is 2.54. The van der Waals surface area contributed by atoms with E-state index in [1.807, 2.05) is 0 Å². The van der Waals surface area contributed by atoms with Crippen molar-refractivity contribution >= 4 is 39.3 Å². The molecule has 1 heterocycles. The van der Waals surface area contributed by atoms with Crippen LogP contribution in [0.5, 0.6) is 0 Å². The van der Waals surface area contributed by atoms with Crippen molar-refractivity contribution in [3.8, 4) is 0 Å². The zero-order chi connectivity index (χ0) is 15.2. The van der Waals surface area contributed by atoms with E-state index in [1.54, 1.807) is 30.6 Å². The maximum atomic E-state index is 11.8. The number of carbonyl (C=O) groups is 1. The first-order chi connectivity index (χ1) is 10.1. The summed E-state index contributed by atoms with van der Waals surface area (Å²) in [5, 5.41) is 13.3. The summed E-state index contributed by atoms with van der Waals surface area (Å²) >= 11 is 3.27. The summed E-state index contributed by atoms with van der Waals surface area (Å²) in [6.45, 7) is 0. The van der Waals surface area contributed by atoms with Gasteiger partial charge in [0.25, 0.3) is 5.69 Å². The van der Waals surface area contributed by atoms with Gasteiger partial charge in [0.2, 0.25) is 5.91 Å². The van der Waals surface area contributed by atoms with Gasteiger partial charge in [-0.3, -0.25) is 19.9 Å². The summed E-state index contributed by atoms with van der Waals surface area (Å²) < 4.78 is 0.669. The molecule has 1 N–H and O–H groups in total. The molecule has 1 aromatic heterocycles. The Kier molecular flexibility index (Phi) is 4.78. The molecule has 0 aliphatic heterocycles. The van der Waals surface area contributed by atoms with E-state index in [9.17, 15) is 14.9 Å². The van der Waals surface area contributed by atoms with Gasteiger partial charge in [0.1, 0.15) is 0 Å². The Bertz CT molecular complexity index is 716. The highest BCUT2D eigenvalue weighted by atomic mass is 79.9. The van der Waals surface area contributed by atoms with Gasteiger partial charge in [-0.25, -0.2) is 0 Å². The van der Waals surface area contributed by atoms with Crippen molar-refractivity contribution in [3.63, 3.8) is 0 Å². The molecule has 7 heteroatoms. The van der Waals surface area contributed by atoms with E-state index in [4.69, 9.17) is 0 Å². The topological polar surface area (TPSA) is 85.1 Å². The summed E-state index contributed by atoms with van der Waals surface area (Å²) in [6, 6.07) is 7.69. The van der Waals surface area contributed by atoms with Gasteiger partial charge in [0, 0.05) is 30.6 Å². The monoisotopic (exact) mass is 347 g/mol. The number of hydrogen-bond acceptors (Lipinski definition) is 4. The molecule has 0 radical (unpaired) electrons. The van der Waals surface area contributed by atoms with Gasteiger partial charge in [-0.15, -0.1) is 0 Å². The number of pyridine rings is 1. The fourth-order valence-corrected chi connectivity index (χ4v) is 1.91. The minimum atomic E-state index is -0.481. The smallest absolute Gasteiger partial charge is 0.270 e. The van der Waals surface area contributed by atoms with E-state index in [0.717, 1.165) is 0 Å². The molecule has 2 aromatic rings. The molecule has 1 aromatic carbocycles. The van der Waals surface area contributed by atoms with Crippen LogP contribution in [0.15, 0.2) is 53.3 Å².